The molecule has 1 saturated heterocycles. The number of ether oxygens (including phenoxy) is 5. The predicted octanol–water partition coefficient (Wildman–Crippen LogP) is 0.830. The Balaban J connectivity index is 2.41. The van der Waals surface area contributed by atoms with Crippen molar-refractivity contribution in [3.8, 4) is 0 Å². The van der Waals surface area contributed by atoms with Gasteiger partial charge in [-0.2, -0.15) is 0 Å². The fraction of sp³-hybridized carbons (Fsp3) is 0.929. The third-order valence-corrected chi connectivity index (χ3v) is 3.04. The second-order valence-corrected chi connectivity index (χ2v) is 5.95. The van der Waals surface area contributed by atoms with Crippen LogP contribution < -0.4 is 0 Å². The molecule has 0 radical (unpaired) electrons. The fourth-order valence-corrected chi connectivity index (χ4v) is 2.00. The normalized spacial score (nSPS) is 24.6. The van der Waals surface area contributed by atoms with Crippen molar-refractivity contribution in [3.63, 3.8) is 0 Å². The monoisotopic (exact) mass is 306 g/mol. The van der Waals surface area contributed by atoms with Gasteiger partial charge in [0.15, 0.2) is 17.7 Å². The minimum absolute atomic E-state index is 0.177. The Bertz CT molecular complexity index is 353. The summed E-state index contributed by atoms with van der Waals surface area (Å²) in [6.07, 6.45) is -2.30. The zero-order valence-electron chi connectivity index (χ0n) is 13.5. The van der Waals surface area contributed by atoms with Gasteiger partial charge in [0.1, 0.15) is 6.10 Å². The first-order valence-corrected chi connectivity index (χ1v) is 6.96. The van der Waals surface area contributed by atoms with Crippen LogP contribution >= 0.6 is 0 Å². The number of hydrogen-bond acceptors (Lipinski definition) is 7. The van der Waals surface area contributed by atoms with Gasteiger partial charge < -0.3 is 28.8 Å². The summed E-state index contributed by atoms with van der Waals surface area (Å²) < 4.78 is 26.7. The number of hydrogen-bond donors (Lipinski definition) is 1. The average molecular weight is 306 g/mol. The molecule has 0 aromatic heterocycles. The Hall–Kier alpha value is -0.730. The molecule has 1 aliphatic rings. The predicted molar refractivity (Wildman–Crippen MR) is 73.5 cm³/mol. The number of methoxy groups -OCH3 is 1. The van der Waals surface area contributed by atoms with Crippen LogP contribution in [0.3, 0.4) is 0 Å². The first-order chi connectivity index (χ1) is 9.56. The van der Waals surface area contributed by atoms with E-state index in [0.29, 0.717) is 6.61 Å². The van der Waals surface area contributed by atoms with Gasteiger partial charge in [-0.05, 0) is 34.6 Å². The standard InChI is InChI=1S/C14H26O7/c1-9(11(15)12(16)17-6)20-13(2,3)18-7-10-8-19-14(4,5)21-10/h9-11,15H,7-8H2,1-6H3/t9-,10-,11+/m0/s1. The molecule has 0 aliphatic carbocycles. The van der Waals surface area contributed by atoms with Crippen molar-refractivity contribution in [1.82, 2.24) is 0 Å². The maximum absolute atomic E-state index is 11.2. The van der Waals surface area contributed by atoms with Gasteiger partial charge in [0.05, 0.1) is 26.4 Å². The molecule has 1 N–H and O–H groups in total. The van der Waals surface area contributed by atoms with Gasteiger partial charge in [0.25, 0.3) is 0 Å². The van der Waals surface area contributed by atoms with Crippen molar-refractivity contribution >= 4 is 5.97 Å². The van der Waals surface area contributed by atoms with Crippen molar-refractivity contribution in [2.45, 2.75) is 64.5 Å². The Kier molecular flexibility index (Phi) is 6.12. The highest BCUT2D eigenvalue weighted by molar-refractivity contribution is 5.74. The van der Waals surface area contributed by atoms with E-state index in [9.17, 15) is 9.90 Å². The minimum Gasteiger partial charge on any atom is -0.467 e. The molecule has 0 aromatic rings. The van der Waals surface area contributed by atoms with E-state index in [4.69, 9.17) is 18.9 Å². The van der Waals surface area contributed by atoms with Crippen LogP contribution in [0.25, 0.3) is 0 Å². The molecule has 0 aromatic carbocycles. The van der Waals surface area contributed by atoms with E-state index in [1.165, 1.54) is 7.11 Å². The average Bonchev–Trinajstić information content (AvgIpc) is 2.74. The van der Waals surface area contributed by atoms with Gasteiger partial charge in [-0.25, -0.2) is 4.79 Å². The van der Waals surface area contributed by atoms with E-state index >= 15 is 0 Å². The summed E-state index contributed by atoms with van der Waals surface area (Å²) >= 11 is 0. The molecule has 7 nitrogen and oxygen atoms in total. The molecule has 0 saturated carbocycles. The van der Waals surface area contributed by atoms with E-state index in [0.717, 1.165) is 0 Å². The molecular formula is C14H26O7. The van der Waals surface area contributed by atoms with Crippen LogP contribution in [-0.2, 0) is 28.5 Å². The maximum atomic E-state index is 11.2. The first-order valence-electron chi connectivity index (χ1n) is 6.96. The summed E-state index contributed by atoms with van der Waals surface area (Å²) in [7, 11) is 1.21. The first kappa shape index (κ1) is 18.3. The van der Waals surface area contributed by atoms with Crippen molar-refractivity contribution in [2.24, 2.45) is 0 Å². The van der Waals surface area contributed by atoms with Crippen LogP contribution in [0.5, 0.6) is 0 Å². The van der Waals surface area contributed by atoms with Crippen molar-refractivity contribution in [3.05, 3.63) is 0 Å². The topological polar surface area (TPSA) is 83.5 Å². The maximum Gasteiger partial charge on any atom is 0.337 e. The SMILES string of the molecule is COC(=O)[C@H](O)[C@H](C)OC(C)(C)OC[C@H]1COC(C)(C)O1. The molecule has 0 spiro atoms. The zero-order valence-corrected chi connectivity index (χ0v) is 13.5. The fourth-order valence-electron chi connectivity index (χ4n) is 2.00. The Morgan fingerprint density at radius 3 is 2.57 bits per heavy atom. The van der Waals surface area contributed by atoms with Gasteiger partial charge in [0, 0.05) is 0 Å². The number of aliphatic hydroxyl groups excluding tert-OH is 1. The van der Waals surface area contributed by atoms with Crippen LogP contribution in [0, 0.1) is 0 Å². The molecule has 124 valence electrons. The quantitative estimate of drug-likeness (QED) is 0.551. The van der Waals surface area contributed by atoms with Gasteiger partial charge in [-0.3, -0.25) is 0 Å². The molecule has 21 heavy (non-hydrogen) atoms. The molecule has 1 rings (SSSR count). The van der Waals surface area contributed by atoms with E-state index in [1.54, 1.807) is 20.8 Å². The van der Waals surface area contributed by atoms with Crippen LogP contribution in [-0.4, -0.2) is 61.3 Å². The lowest BCUT2D eigenvalue weighted by molar-refractivity contribution is -0.258. The van der Waals surface area contributed by atoms with E-state index in [1.807, 2.05) is 13.8 Å². The summed E-state index contributed by atoms with van der Waals surface area (Å²) in [6, 6.07) is 0. The minimum atomic E-state index is -1.36. The largest absolute Gasteiger partial charge is 0.467 e. The van der Waals surface area contributed by atoms with Crippen LogP contribution in [0.4, 0.5) is 0 Å². The summed E-state index contributed by atoms with van der Waals surface area (Å²) in [5, 5.41) is 9.70. The lowest BCUT2D eigenvalue weighted by atomic mass is 10.2. The Morgan fingerprint density at radius 1 is 1.48 bits per heavy atom. The van der Waals surface area contributed by atoms with Gasteiger partial charge in [-0.1, -0.05) is 0 Å². The molecular weight excluding hydrogens is 280 g/mol. The van der Waals surface area contributed by atoms with Gasteiger partial charge in [0.2, 0.25) is 0 Å². The summed E-state index contributed by atoms with van der Waals surface area (Å²) in [4.78, 5) is 11.2. The second kappa shape index (κ2) is 7.02. The summed E-state index contributed by atoms with van der Waals surface area (Å²) in [5.41, 5.74) is 0. The van der Waals surface area contributed by atoms with Crippen LogP contribution in [0.1, 0.15) is 34.6 Å². The third-order valence-electron chi connectivity index (χ3n) is 3.04. The van der Waals surface area contributed by atoms with E-state index in [-0.39, 0.29) is 12.7 Å². The van der Waals surface area contributed by atoms with Crippen molar-refractivity contribution in [1.29, 1.82) is 0 Å². The van der Waals surface area contributed by atoms with Crippen LogP contribution in [0.2, 0.25) is 0 Å². The number of aliphatic hydroxyl groups is 1. The highest BCUT2D eigenvalue weighted by Crippen LogP contribution is 2.24. The van der Waals surface area contributed by atoms with Crippen molar-refractivity contribution in [2.75, 3.05) is 20.3 Å². The van der Waals surface area contributed by atoms with Crippen molar-refractivity contribution < 1.29 is 33.6 Å². The highest BCUT2D eigenvalue weighted by Gasteiger charge is 2.35. The summed E-state index contributed by atoms with van der Waals surface area (Å²) in [6.45, 7) is 9.39. The zero-order chi connectivity index (χ0) is 16.3. The molecule has 0 amide bonds. The Labute approximate surface area is 125 Å². The number of carbonyl (C=O) groups excluding carboxylic acids is 1. The molecule has 0 unspecified atom stereocenters. The van der Waals surface area contributed by atoms with E-state index < -0.39 is 29.8 Å². The number of esters is 1. The molecule has 7 heteroatoms. The number of carbonyl (C=O) groups is 1. The van der Waals surface area contributed by atoms with Crippen LogP contribution in [0.15, 0.2) is 0 Å². The molecule has 0 bridgehead atoms. The lowest BCUT2D eigenvalue weighted by Crippen LogP contribution is -2.42. The summed E-state index contributed by atoms with van der Waals surface area (Å²) in [5.74, 6) is -2.33. The molecule has 1 aliphatic heterocycles. The molecule has 1 fully saturated rings. The van der Waals surface area contributed by atoms with E-state index in [2.05, 4.69) is 4.74 Å². The second-order valence-electron chi connectivity index (χ2n) is 5.95. The van der Waals surface area contributed by atoms with Gasteiger partial charge in [-0.15, -0.1) is 0 Å². The smallest absolute Gasteiger partial charge is 0.337 e. The molecule has 3 atom stereocenters. The lowest BCUT2D eigenvalue weighted by Gasteiger charge is -2.31. The number of rotatable bonds is 7. The third kappa shape index (κ3) is 5.88. The highest BCUT2D eigenvalue weighted by atomic mass is 16.8. The van der Waals surface area contributed by atoms with Gasteiger partial charge >= 0.3 is 5.97 Å². The molecule has 1 heterocycles. The Morgan fingerprint density at radius 2 is 2.10 bits per heavy atom.